The molecule has 0 aromatic heterocycles. The van der Waals surface area contributed by atoms with Crippen LogP contribution in [0.25, 0.3) is 11.1 Å². The molecular weight excluding hydrogens is 400 g/mol. The van der Waals surface area contributed by atoms with Crippen molar-refractivity contribution in [3.8, 4) is 11.1 Å². The largest absolute Gasteiger partial charge is 1.00 e. The molecule has 2 aliphatic carbocycles. The van der Waals surface area contributed by atoms with E-state index in [2.05, 4.69) is 80.6 Å². The van der Waals surface area contributed by atoms with Crippen LogP contribution in [0.15, 0.2) is 70.0 Å². The van der Waals surface area contributed by atoms with Gasteiger partial charge in [0.25, 0.3) is 0 Å². The van der Waals surface area contributed by atoms with Gasteiger partial charge in [0.2, 0.25) is 0 Å². The number of hydrogen-bond donors (Lipinski definition) is 0. The van der Waals surface area contributed by atoms with Gasteiger partial charge in [0.1, 0.15) is 0 Å². The molecule has 0 radical (unpaired) electrons. The van der Waals surface area contributed by atoms with Crippen LogP contribution >= 0.6 is 0 Å². The molecule has 0 amide bonds. The van der Waals surface area contributed by atoms with Crippen LogP contribution in [0.3, 0.4) is 0 Å². The summed E-state index contributed by atoms with van der Waals surface area (Å²) in [5.74, 6) is 0. The van der Waals surface area contributed by atoms with E-state index in [1.54, 1.807) is 17.6 Å². The van der Waals surface area contributed by atoms with Gasteiger partial charge in [-0.15, -0.1) is 0 Å². The minimum Gasteiger partial charge on any atom is -1.00 e. The summed E-state index contributed by atoms with van der Waals surface area (Å²) in [4.78, 5) is 0. The van der Waals surface area contributed by atoms with Crippen molar-refractivity contribution in [2.24, 2.45) is 0 Å². The third-order valence-corrected chi connectivity index (χ3v) is 13.0. The molecule has 0 nitrogen and oxygen atoms in total. The molecule has 4 heteroatoms. The average Bonchev–Trinajstić information content (AvgIpc) is 3.16. The Hall–Kier alpha value is -1.54. The van der Waals surface area contributed by atoms with Gasteiger partial charge in [-0.05, 0) is 0 Å². The van der Waals surface area contributed by atoms with E-state index in [1.807, 2.05) is 0 Å². The molecule has 2 aliphatic rings. The van der Waals surface area contributed by atoms with Crippen molar-refractivity contribution in [1.29, 1.82) is 0 Å². The smallest absolute Gasteiger partial charge is 1.00 e. The summed E-state index contributed by atoms with van der Waals surface area (Å²) < 4.78 is 4.11. The van der Waals surface area contributed by atoms with Gasteiger partial charge in [-0.1, -0.05) is 0 Å². The van der Waals surface area contributed by atoms with Crippen LogP contribution in [0.5, 0.6) is 0 Å². The molecule has 25 heavy (non-hydrogen) atoms. The quantitative estimate of drug-likeness (QED) is 0.472. The standard InChI is InChI=1S/C13H9.C5H5.C3H6.3FH.Zr/c1-3-7-12-10(5-1)9-11-6-2-4-8-13(11)12;1-2-4-5-3-1;1-3-2;;;;/h1-9H;1-3H,4H2;1-2H3;3*1H;/q;;;;;;+3/p-3. The molecule has 0 N–H and O–H groups in total. The molecular formula is C21H20F3Zr. The summed E-state index contributed by atoms with van der Waals surface area (Å²) in [6.07, 6.45) is 8.17. The minimum atomic E-state index is -1.87. The first kappa shape index (κ1) is 21.5. The Morgan fingerprint density at radius 3 is 1.80 bits per heavy atom. The Kier molecular flexibility index (Phi) is 7.49. The molecule has 0 atom stereocenters. The van der Waals surface area contributed by atoms with Gasteiger partial charge in [-0.3, -0.25) is 0 Å². The normalized spacial score (nSPS) is 13.2. The molecule has 2 aromatic carbocycles. The predicted octanol–water partition coefficient (Wildman–Crippen LogP) is -3.56. The van der Waals surface area contributed by atoms with Gasteiger partial charge in [-0.25, -0.2) is 0 Å². The van der Waals surface area contributed by atoms with Gasteiger partial charge in [-0.2, -0.15) is 0 Å². The third-order valence-electron chi connectivity index (χ3n) is 4.78. The Morgan fingerprint density at radius 1 is 0.840 bits per heavy atom. The van der Waals surface area contributed by atoms with E-state index in [9.17, 15) is 0 Å². The van der Waals surface area contributed by atoms with Crippen molar-refractivity contribution in [2.45, 2.75) is 23.9 Å². The van der Waals surface area contributed by atoms with Gasteiger partial charge >= 0.3 is 141 Å². The molecule has 0 saturated carbocycles. The number of rotatable bonds is 2. The van der Waals surface area contributed by atoms with Crippen molar-refractivity contribution in [3.05, 3.63) is 81.2 Å². The van der Waals surface area contributed by atoms with E-state index in [1.165, 1.54) is 17.5 Å². The maximum Gasteiger partial charge on any atom is -1.00 e. The SMILES string of the molecule is C[C](C)=[Zr+3]([C]1=CC=CC1)[CH]1c2ccccc2-c2ccccc21.[F-].[F-].[F-]. The Labute approximate surface area is 154 Å². The van der Waals surface area contributed by atoms with E-state index in [4.69, 9.17) is 0 Å². The zero-order valence-corrected chi connectivity index (χ0v) is 16.7. The zero-order valence-electron chi connectivity index (χ0n) is 14.3. The summed E-state index contributed by atoms with van der Waals surface area (Å²) in [5, 5.41) is 0. The fraction of sp³-hybridized carbons (Fsp3) is 0.190. The fourth-order valence-corrected chi connectivity index (χ4v) is 12.1. The van der Waals surface area contributed by atoms with Crippen molar-refractivity contribution in [2.75, 3.05) is 0 Å². The number of hydrogen-bond acceptors (Lipinski definition) is 0. The first-order chi connectivity index (χ1) is 10.8. The van der Waals surface area contributed by atoms with Crippen LogP contribution in [0.4, 0.5) is 0 Å². The maximum atomic E-state index is 2.41. The van der Waals surface area contributed by atoms with E-state index < -0.39 is 21.3 Å². The van der Waals surface area contributed by atoms with Gasteiger partial charge in [0.15, 0.2) is 0 Å². The summed E-state index contributed by atoms with van der Waals surface area (Å²) in [7, 11) is 0. The van der Waals surface area contributed by atoms with Crippen LogP contribution in [0.2, 0.25) is 0 Å². The zero-order chi connectivity index (χ0) is 15.1. The first-order valence-electron chi connectivity index (χ1n) is 7.99. The predicted molar refractivity (Wildman–Crippen MR) is 91.9 cm³/mol. The molecule has 0 saturated heterocycles. The molecule has 4 rings (SSSR count). The summed E-state index contributed by atoms with van der Waals surface area (Å²) in [5.41, 5.74) is 6.09. The number of fused-ring (bicyclic) bond motifs is 3. The molecule has 0 spiro atoms. The Morgan fingerprint density at radius 2 is 1.36 bits per heavy atom. The van der Waals surface area contributed by atoms with Gasteiger partial charge in [0.05, 0.1) is 0 Å². The number of halogens is 3. The Bertz CT molecular complexity index is 800. The molecule has 0 bridgehead atoms. The van der Waals surface area contributed by atoms with E-state index in [-0.39, 0.29) is 14.1 Å². The molecule has 0 aliphatic heterocycles. The monoisotopic (exact) mass is 419 g/mol. The van der Waals surface area contributed by atoms with Crippen LogP contribution in [-0.2, 0) is 21.3 Å². The summed E-state index contributed by atoms with van der Waals surface area (Å²) in [6.45, 7) is 4.74. The minimum absolute atomic E-state index is 0. The summed E-state index contributed by atoms with van der Waals surface area (Å²) >= 11 is -1.87. The molecule has 129 valence electrons. The molecule has 2 aromatic rings. The second-order valence-electron chi connectivity index (χ2n) is 6.35. The van der Waals surface area contributed by atoms with Crippen molar-refractivity contribution in [3.63, 3.8) is 0 Å². The van der Waals surface area contributed by atoms with Crippen LogP contribution < -0.4 is 14.1 Å². The average molecular weight is 421 g/mol. The van der Waals surface area contributed by atoms with Crippen LogP contribution in [0.1, 0.15) is 35.0 Å². The molecule has 0 fully saturated rings. The number of benzene rings is 2. The van der Waals surface area contributed by atoms with E-state index in [0.717, 1.165) is 0 Å². The van der Waals surface area contributed by atoms with Crippen molar-refractivity contribution >= 4 is 3.21 Å². The van der Waals surface area contributed by atoms with E-state index >= 15 is 0 Å². The topological polar surface area (TPSA) is 0 Å². The number of allylic oxidation sites excluding steroid dienone is 4. The second kappa shape index (κ2) is 8.71. The first-order valence-corrected chi connectivity index (χ1v) is 11.9. The Balaban J connectivity index is 0.00000104. The fourth-order valence-electron chi connectivity index (χ4n) is 3.91. The summed E-state index contributed by atoms with van der Waals surface area (Å²) in [6, 6.07) is 18.1. The third kappa shape index (κ3) is 3.55. The molecule has 0 unspecified atom stereocenters. The van der Waals surface area contributed by atoms with Crippen LogP contribution in [0, 0.1) is 0 Å². The maximum absolute atomic E-state index is 2.41. The van der Waals surface area contributed by atoms with Gasteiger partial charge in [0, 0.05) is 0 Å². The van der Waals surface area contributed by atoms with Crippen molar-refractivity contribution in [1.82, 2.24) is 0 Å². The van der Waals surface area contributed by atoms with Gasteiger partial charge < -0.3 is 14.1 Å². The van der Waals surface area contributed by atoms with Crippen LogP contribution in [-0.4, -0.2) is 3.21 Å². The second-order valence-corrected chi connectivity index (χ2v) is 13.8. The van der Waals surface area contributed by atoms with E-state index in [0.29, 0.717) is 3.63 Å². The van der Waals surface area contributed by atoms with Crippen molar-refractivity contribution < 1.29 is 35.4 Å². The molecule has 0 heterocycles.